The summed E-state index contributed by atoms with van der Waals surface area (Å²) in [5.74, 6) is 0.489. The van der Waals surface area contributed by atoms with Gasteiger partial charge in [-0.15, -0.1) is 0 Å². The number of piperidine rings is 1. The highest BCUT2D eigenvalue weighted by Gasteiger charge is 2.61. The first-order valence-corrected chi connectivity index (χ1v) is 10.6. The van der Waals surface area contributed by atoms with Gasteiger partial charge in [-0.1, -0.05) is 18.2 Å². The normalized spacial score (nSPS) is 23.3. The summed E-state index contributed by atoms with van der Waals surface area (Å²) in [6.45, 7) is 12.8. The lowest BCUT2D eigenvalue weighted by Gasteiger charge is -2.30. The maximum atomic E-state index is 13.1. The van der Waals surface area contributed by atoms with Gasteiger partial charge in [-0.25, -0.2) is 4.79 Å². The van der Waals surface area contributed by atoms with Crippen molar-refractivity contribution in [3.63, 3.8) is 0 Å². The summed E-state index contributed by atoms with van der Waals surface area (Å²) < 4.78 is 5.46. The molecule has 2 fully saturated rings. The minimum Gasteiger partial charge on any atom is -0.444 e. The molecule has 1 aliphatic heterocycles. The summed E-state index contributed by atoms with van der Waals surface area (Å²) in [7, 11) is 0. The second-order valence-electron chi connectivity index (χ2n) is 10.2. The molecule has 1 saturated heterocycles. The molecule has 4 rings (SSSR count). The molecule has 1 aromatic heterocycles. The number of likely N-dealkylation sites (tertiary alicyclic amines) is 1. The van der Waals surface area contributed by atoms with E-state index in [4.69, 9.17) is 4.74 Å². The number of carbonyl (C=O) groups excluding carboxylic acids is 2. The van der Waals surface area contributed by atoms with Gasteiger partial charge in [0.2, 0.25) is 5.91 Å². The topological polar surface area (TPSA) is 71.5 Å². The van der Waals surface area contributed by atoms with Crippen molar-refractivity contribution in [3.8, 4) is 0 Å². The van der Waals surface area contributed by atoms with Crippen LogP contribution in [0.4, 0.5) is 4.79 Å². The molecule has 0 spiro atoms. The van der Waals surface area contributed by atoms with Crippen LogP contribution in [0.25, 0.3) is 10.9 Å². The zero-order valence-electron chi connectivity index (χ0n) is 18.7. The van der Waals surface area contributed by atoms with Crippen LogP contribution in [-0.4, -0.2) is 40.6 Å². The maximum absolute atomic E-state index is 13.1. The number of hydrogen-bond donors (Lipinski definition) is 1. The standard InChI is InChI=1S/C24H31N3O3/c1-14-11-18(15-9-7-8-10-19(15)25-14)24(5,6)26-21(28)20-16-12-27(13-17(16)20)22(29)30-23(2,3)4/h7-11,16-17,20H,12-13H2,1-6H3,(H,26,28). The Bertz CT molecular complexity index is 996. The van der Waals surface area contributed by atoms with Crippen molar-refractivity contribution in [2.24, 2.45) is 17.8 Å². The molecule has 2 atom stereocenters. The van der Waals surface area contributed by atoms with Crippen LogP contribution in [0.15, 0.2) is 30.3 Å². The smallest absolute Gasteiger partial charge is 0.410 e. The molecule has 2 unspecified atom stereocenters. The minimum absolute atomic E-state index is 0.0304. The van der Waals surface area contributed by atoms with Gasteiger partial charge in [-0.3, -0.25) is 9.78 Å². The highest BCUT2D eigenvalue weighted by molar-refractivity contribution is 5.87. The van der Waals surface area contributed by atoms with Gasteiger partial charge >= 0.3 is 6.09 Å². The van der Waals surface area contributed by atoms with Crippen LogP contribution in [0.5, 0.6) is 0 Å². The van der Waals surface area contributed by atoms with E-state index in [2.05, 4.69) is 22.4 Å². The third kappa shape index (κ3) is 3.87. The number of amides is 2. The van der Waals surface area contributed by atoms with Crippen LogP contribution in [0, 0.1) is 24.7 Å². The predicted molar refractivity (Wildman–Crippen MR) is 116 cm³/mol. The number of nitrogens with zero attached hydrogens (tertiary/aromatic N) is 2. The highest BCUT2D eigenvalue weighted by Crippen LogP contribution is 2.52. The molecule has 1 aliphatic carbocycles. The molecule has 2 aromatic rings. The number of carbonyl (C=O) groups is 2. The molecule has 6 heteroatoms. The monoisotopic (exact) mass is 409 g/mol. The second-order valence-corrected chi connectivity index (χ2v) is 10.2. The van der Waals surface area contributed by atoms with Crippen LogP contribution in [-0.2, 0) is 15.1 Å². The number of fused-ring (bicyclic) bond motifs is 2. The van der Waals surface area contributed by atoms with Crippen LogP contribution >= 0.6 is 0 Å². The minimum atomic E-state index is -0.522. The van der Waals surface area contributed by atoms with E-state index in [9.17, 15) is 9.59 Å². The van der Waals surface area contributed by atoms with Gasteiger partial charge in [0, 0.05) is 30.1 Å². The van der Waals surface area contributed by atoms with E-state index in [-0.39, 0.29) is 29.8 Å². The van der Waals surface area contributed by atoms with Crippen molar-refractivity contribution in [2.45, 2.75) is 52.7 Å². The molecule has 160 valence electrons. The quantitative estimate of drug-likeness (QED) is 0.832. The Labute approximate surface area is 178 Å². The van der Waals surface area contributed by atoms with Gasteiger partial charge in [0.05, 0.1) is 11.1 Å². The summed E-state index contributed by atoms with van der Waals surface area (Å²) >= 11 is 0. The number of ether oxygens (including phenoxy) is 1. The van der Waals surface area contributed by atoms with Gasteiger partial charge in [-0.05, 0) is 71.1 Å². The summed E-state index contributed by atoms with van der Waals surface area (Å²) in [5, 5.41) is 4.32. The number of rotatable bonds is 3. The van der Waals surface area contributed by atoms with Gasteiger partial charge in [0.15, 0.2) is 0 Å². The second kappa shape index (κ2) is 6.96. The van der Waals surface area contributed by atoms with E-state index in [1.54, 1.807) is 4.90 Å². The average molecular weight is 410 g/mol. The SMILES string of the molecule is Cc1cc(C(C)(C)NC(=O)C2C3CN(C(=O)OC(C)(C)C)CC32)c2ccccc2n1. The molecule has 0 radical (unpaired) electrons. The number of benzene rings is 1. The first-order valence-electron chi connectivity index (χ1n) is 10.6. The van der Waals surface area contributed by atoms with E-state index in [0.29, 0.717) is 13.1 Å². The zero-order chi connectivity index (χ0) is 21.8. The summed E-state index contributed by atoms with van der Waals surface area (Å²) in [6, 6.07) is 10.1. The highest BCUT2D eigenvalue weighted by atomic mass is 16.6. The zero-order valence-corrected chi connectivity index (χ0v) is 18.7. The van der Waals surface area contributed by atoms with Crippen LogP contribution in [0.2, 0.25) is 0 Å². The molecule has 2 heterocycles. The molecule has 1 aromatic carbocycles. The van der Waals surface area contributed by atoms with Crippen molar-refractivity contribution < 1.29 is 14.3 Å². The van der Waals surface area contributed by atoms with Crippen LogP contribution in [0.1, 0.15) is 45.9 Å². The molecule has 2 amide bonds. The lowest BCUT2D eigenvalue weighted by Crippen LogP contribution is -2.44. The molecule has 2 aliphatic rings. The molecule has 1 N–H and O–H groups in total. The third-order valence-electron chi connectivity index (χ3n) is 6.10. The molecular formula is C24H31N3O3. The number of aryl methyl sites for hydroxylation is 1. The number of hydrogen-bond acceptors (Lipinski definition) is 4. The fourth-order valence-corrected chi connectivity index (χ4v) is 4.67. The Kier molecular flexibility index (Phi) is 4.79. The van der Waals surface area contributed by atoms with Crippen molar-refractivity contribution in [1.82, 2.24) is 15.2 Å². The first kappa shape index (κ1) is 20.6. The lowest BCUT2D eigenvalue weighted by molar-refractivity contribution is -0.125. The van der Waals surface area contributed by atoms with E-state index < -0.39 is 11.1 Å². The van der Waals surface area contributed by atoms with Gasteiger partial charge in [-0.2, -0.15) is 0 Å². The Balaban J connectivity index is 1.43. The molecule has 1 saturated carbocycles. The Hall–Kier alpha value is -2.63. The average Bonchev–Trinajstić information content (AvgIpc) is 3.13. The fourth-order valence-electron chi connectivity index (χ4n) is 4.67. The van der Waals surface area contributed by atoms with E-state index >= 15 is 0 Å². The number of aromatic nitrogens is 1. The third-order valence-corrected chi connectivity index (χ3v) is 6.10. The van der Waals surface area contributed by atoms with E-state index in [0.717, 1.165) is 22.2 Å². The van der Waals surface area contributed by atoms with Crippen LogP contribution < -0.4 is 5.32 Å². The summed E-state index contributed by atoms with van der Waals surface area (Å²) in [4.78, 5) is 31.7. The van der Waals surface area contributed by atoms with Crippen LogP contribution in [0.3, 0.4) is 0 Å². The van der Waals surface area contributed by atoms with Gasteiger partial charge < -0.3 is 15.0 Å². The Morgan fingerprint density at radius 1 is 1.10 bits per heavy atom. The molecule has 6 nitrogen and oxygen atoms in total. The van der Waals surface area contributed by atoms with Gasteiger partial charge in [0.25, 0.3) is 0 Å². The molecular weight excluding hydrogens is 378 g/mol. The lowest BCUT2D eigenvalue weighted by atomic mass is 9.90. The first-order chi connectivity index (χ1) is 14.0. The molecule has 0 bridgehead atoms. The number of pyridine rings is 1. The van der Waals surface area contributed by atoms with Crippen molar-refractivity contribution >= 4 is 22.9 Å². The van der Waals surface area contributed by atoms with Crippen molar-refractivity contribution in [2.75, 3.05) is 13.1 Å². The Morgan fingerprint density at radius 3 is 2.37 bits per heavy atom. The molecule has 30 heavy (non-hydrogen) atoms. The van der Waals surface area contributed by atoms with Crippen molar-refractivity contribution in [1.29, 1.82) is 0 Å². The largest absolute Gasteiger partial charge is 0.444 e. The van der Waals surface area contributed by atoms with E-state index in [1.165, 1.54) is 0 Å². The maximum Gasteiger partial charge on any atom is 0.410 e. The predicted octanol–water partition coefficient (Wildman–Crippen LogP) is 4.01. The van der Waals surface area contributed by atoms with E-state index in [1.807, 2.05) is 59.7 Å². The number of para-hydroxylation sites is 1. The summed E-state index contributed by atoms with van der Waals surface area (Å²) in [6.07, 6.45) is -0.284. The number of nitrogens with one attached hydrogen (secondary N) is 1. The Morgan fingerprint density at radius 2 is 1.73 bits per heavy atom. The van der Waals surface area contributed by atoms with Crippen molar-refractivity contribution in [3.05, 3.63) is 41.6 Å². The fraction of sp³-hybridized carbons (Fsp3) is 0.542. The summed E-state index contributed by atoms with van der Waals surface area (Å²) in [5.41, 5.74) is 1.91. The van der Waals surface area contributed by atoms with Gasteiger partial charge in [0.1, 0.15) is 5.60 Å².